The van der Waals surface area contributed by atoms with E-state index in [0.717, 1.165) is 41.2 Å². The Hall–Kier alpha value is -2.05. The molecule has 0 saturated carbocycles. The Kier molecular flexibility index (Phi) is 7.37. The van der Waals surface area contributed by atoms with Crippen LogP contribution in [-0.4, -0.2) is 59.7 Å². The van der Waals surface area contributed by atoms with Gasteiger partial charge in [0.05, 0.1) is 10.7 Å². The zero-order valence-corrected chi connectivity index (χ0v) is 24.2. The Morgan fingerprint density at radius 2 is 1.69 bits per heavy atom. The maximum absolute atomic E-state index is 11.6. The Morgan fingerprint density at radius 3 is 2.31 bits per heavy atom. The van der Waals surface area contributed by atoms with Crippen molar-refractivity contribution in [1.29, 1.82) is 0 Å². The first-order chi connectivity index (χ1) is 17.0. The number of rotatable bonds is 7. The van der Waals surface area contributed by atoms with Gasteiger partial charge in [-0.1, -0.05) is 42.9 Å². The molecule has 2 fully saturated rings. The molecule has 0 spiro atoms. The van der Waals surface area contributed by atoms with Crippen LogP contribution in [0, 0.1) is 11.8 Å². The summed E-state index contributed by atoms with van der Waals surface area (Å²) in [6.45, 7) is 5.18. The summed E-state index contributed by atoms with van der Waals surface area (Å²) in [4.78, 5) is 21.5. The molecule has 2 aromatic carbocycles. The van der Waals surface area contributed by atoms with E-state index >= 15 is 0 Å². The van der Waals surface area contributed by atoms with Crippen molar-refractivity contribution >= 4 is 23.0 Å². The van der Waals surface area contributed by atoms with Gasteiger partial charge in [-0.2, -0.15) is 0 Å². The summed E-state index contributed by atoms with van der Waals surface area (Å²) in [7, 11) is 2.23. The molecule has 2 atom stereocenters. The maximum atomic E-state index is 11.6. The zero-order valence-electron chi connectivity index (χ0n) is 20.5. The molecule has 2 unspecified atom stereocenters. The van der Waals surface area contributed by atoms with Crippen molar-refractivity contribution in [2.75, 3.05) is 38.1 Å². The number of anilines is 1. The third-order valence-corrected chi connectivity index (χ3v) is 8.77. The molecule has 3 heterocycles. The topological polar surface area (TPSA) is 70.8 Å². The smallest absolute Gasteiger partial charge is 0.302 e. The number of fused-ring (bicyclic) bond motifs is 2. The van der Waals surface area contributed by atoms with Gasteiger partial charge in [0, 0.05) is 70.3 Å². The predicted molar refractivity (Wildman–Crippen MR) is 140 cm³/mol. The first kappa shape index (κ1) is 25.6. The van der Waals surface area contributed by atoms with Crippen LogP contribution in [0.4, 0.5) is 5.69 Å². The SMILES string of the molecule is CN1CC2CN(c3ccc(-c4csc(C[N-]C5(CC(=O)O)Cc6ccccc6C5)n4)cc3)CC2C1.[W]. The molecule has 1 aromatic heterocycles. The number of carbonyl (C=O) groups is 1. The Bertz CT molecular complexity index is 1190. The summed E-state index contributed by atoms with van der Waals surface area (Å²) >= 11 is 1.60. The number of carboxylic acid groups (broad SMARTS) is 1. The van der Waals surface area contributed by atoms with Crippen LogP contribution in [-0.2, 0) is 45.2 Å². The fourth-order valence-electron chi connectivity index (χ4n) is 6.28. The number of hydrogen-bond acceptors (Lipinski definition) is 5. The number of hydrogen-bond donors (Lipinski definition) is 1. The fourth-order valence-corrected chi connectivity index (χ4v) is 7.01. The van der Waals surface area contributed by atoms with E-state index in [4.69, 9.17) is 10.3 Å². The molecular formula is C28H31N4O2SW-. The molecular weight excluding hydrogens is 640 g/mol. The third-order valence-electron chi connectivity index (χ3n) is 7.94. The van der Waals surface area contributed by atoms with E-state index in [-0.39, 0.29) is 27.5 Å². The molecule has 36 heavy (non-hydrogen) atoms. The predicted octanol–water partition coefficient (Wildman–Crippen LogP) is 4.69. The molecule has 2 aliphatic heterocycles. The van der Waals surface area contributed by atoms with Gasteiger partial charge in [0.25, 0.3) is 0 Å². The molecule has 8 heteroatoms. The zero-order chi connectivity index (χ0) is 24.0. The van der Waals surface area contributed by atoms with Gasteiger partial charge in [0.1, 0.15) is 0 Å². The second-order valence-electron chi connectivity index (χ2n) is 10.6. The van der Waals surface area contributed by atoms with Crippen LogP contribution >= 0.6 is 11.3 Å². The van der Waals surface area contributed by atoms with Gasteiger partial charge in [0.15, 0.2) is 0 Å². The molecule has 6 nitrogen and oxygen atoms in total. The summed E-state index contributed by atoms with van der Waals surface area (Å²) in [5.41, 5.74) is 5.23. The average molecular weight is 671 g/mol. The second kappa shape index (κ2) is 10.4. The minimum absolute atomic E-state index is 0. The number of nitrogens with zero attached hydrogens (tertiary/aromatic N) is 4. The first-order valence-corrected chi connectivity index (χ1v) is 13.3. The van der Waals surface area contributed by atoms with Crippen LogP contribution in [0.3, 0.4) is 0 Å². The van der Waals surface area contributed by atoms with E-state index in [9.17, 15) is 9.90 Å². The molecule has 6 rings (SSSR count). The van der Waals surface area contributed by atoms with Gasteiger partial charge < -0.3 is 20.2 Å². The van der Waals surface area contributed by atoms with Gasteiger partial charge in [-0.3, -0.25) is 4.79 Å². The van der Waals surface area contributed by atoms with Crippen molar-refractivity contribution in [2.24, 2.45) is 11.8 Å². The van der Waals surface area contributed by atoms with E-state index in [2.05, 4.69) is 58.6 Å². The number of likely N-dealkylation sites (tertiary alicyclic amines) is 1. The molecule has 3 aliphatic rings. The van der Waals surface area contributed by atoms with E-state index in [1.807, 2.05) is 12.1 Å². The molecule has 1 aliphatic carbocycles. The average Bonchev–Trinajstić information content (AvgIpc) is 3.59. The Morgan fingerprint density at radius 1 is 1.06 bits per heavy atom. The second-order valence-corrected chi connectivity index (χ2v) is 11.5. The molecule has 0 bridgehead atoms. The van der Waals surface area contributed by atoms with Crippen LogP contribution in [0.2, 0.25) is 0 Å². The summed E-state index contributed by atoms with van der Waals surface area (Å²) in [5.74, 6) is 0.790. The first-order valence-electron chi connectivity index (χ1n) is 12.4. The molecule has 2 saturated heterocycles. The number of benzene rings is 2. The fraction of sp³-hybridized carbons (Fsp3) is 0.429. The number of aliphatic carboxylic acids is 1. The minimum Gasteiger partial charge on any atom is -0.650 e. The number of thiazole rings is 1. The van der Waals surface area contributed by atoms with E-state index < -0.39 is 11.5 Å². The molecule has 3 aromatic rings. The van der Waals surface area contributed by atoms with Crippen LogP contribution in [0.15, 0.2) is 53.9 Å². The van der Waals surface area contributed by atoms with E-state index in [1.165, 1.54) is 29.9 Å². The summed E-state index contributed by atoms with van der Waals surface area (Å²) in [6, 6.07) is 17.0. The summed E-state index contributed by atoms with van der Waals surface area (Å²) in [5, 5.41) is 17.5. The third kappa shape index (κ3) is 5.17. The van der Waals surface area contributed by atoms with Crippen LogP contribution in [0.1, 0.15) is 22.6 Å². The van der Waals surface area contributed by atoms with Crippen LogP contribution in [0.5, 0.6) is 0 Å². The standard InChI is InChI=1S/C28H31N4O2S.W/c1-31-14-22-16-32(17-23(22)15-31)24-8-6-19(7-9-24)25-18-35-26(30-25)13-29-28(12-27(33)34)10-20-4-2-3-5-21(20)11-28;/h2-9,18,22-23H,10-17H2,1H3,(H,33,34);/q-1;. The van der Waals surface area contributed by atoms with Gasteiger partial charge in [-0.25, -0.2) is 4.98 Å². The van der Waals surface area contributed by atoms with Gasteiger partial charge in [-0.05, 0) is 55.0 Å². The largest absolute Gasteiger partial charge is 0.650 e. The van der Waals surface area contributed by atoms with Gasteiger partial charge in [-0.15, -0.1) is 16.9 Å². The molecule has 0 radical (unpaired) electrons. The monoisotopic (exact) mass is 671 g/mol. The van der Waals surface area contributed by atoms with Gasteiger partial charge >= 0.3 is 5.97 Å². The van der Waals surface area contributed by atoms with Crippen LogP contribution < -0.4 is 4.90 Å². The van der Waals surface area contributed by atoms with Crippen molar-refractivity contribution in [2.45, 2.75) is 31.3 Å². The van der Waals surface area contributed by atoms with Crippen molar-refractivity contribution < 1.29 is 31.0 Å². The molecule has 1 N–H and O–H groups in total. The van der Waals surface area contributed by atoms with Crippen LogP contribution in [0.25, 0.3) is 16.6 Å². The Labute approximate surface area is 231 Å². The summed E-state index contributed by atoms with van der Waals surface area (Å²) < 4.78 is 0. The van der Waals surface area contributed by atoms with E-state index in [0.29, 0.717) is 19.4 Å². The number of aromatic nitrogens is 1. The maximum Gasteiger partial charge on any atom is 0.302 e. The van der Waals surface area contributed by atoms with Gasteiger partial charge in [0.2, 0.25) is 0 Å². The quantitative estimate of drug-likeness (QED) is 0.395. The van der Waals surface area contributed by atoms with Crippen molar-refractivity contribution in [3.8, 4) is 11.3 Å². The molecule has 188 valence electrons. The van der Waals surface area contributed by atoms with Crippen molar-refractivity contribution in [3.05, 3.63) is 75.4 Å². The molecule has 0 amide bonds. The Balaban J connectivity index is 0.00000267. The summed E-state index contributed by atoms with van der Waals surface area (Å²) in [6.07, 6.45) is 1.42. The minimum atomic E-state index is -0.796. The van der Waals surface area contributed by atoms with Crippen molar-refractivity contribution in [3.63, 3.8) is 0 Å². The van der Waals surface area contributed by atoms with E-state index in [1.54, 1.807) is 11.3 Å². The number of carboxylic acids is 1. The van der Waals surface area contributed by atoms with Crippen molar-refractivity contribution in [1.82, 2.24) is 9.88 Å². The normalized spacial score (nSPS) is 22.3.